The molecule has 0 aromatic heterocycles. The topological polar surface area (TPSA) is 72.8 Å². The first kappa shape index (κ1) is 24.2. The van der Waals surface area contributed by atoms with Gasteiger partial charge in [-0.3, -0.25) is 4.79 Å². The fourth-order valence-corrected chi connectivity index (χ4v) is 5.17. The van der Waals surface area contributed by atoms with Crippen molar-refractivity contribution in [1.29, 1.82) is 0 Å². The number of benzene rings is 3. The van der Waals surface area contributed by atoms with E-state index in [2.05, 4.69) is 71.7 Å². The third-order valence-electron chi connectivity index (χ3n) is 7.12. The zero-order chi connectivity index (χ0) is 24.1. The lowest BCUT2D eigenvalue weighted by Crippen LogP contribution is -2.43. The Bertz CT molecular complexity index is 1100. The summed E-state index contributed by atoms with van der Waals surface area (Å²) >= 11 is 0. The van der Waals surface area contributed by atoms with Crippen LogP contribution in [0.1, 0.15) is 61.4 Å². The van der Waals surface area contributed by atoms with Crippen molar-refractivity contribution in [1.82, 2.24) is 5.32 Å². The van der Waals surface area contributed by atoms with Gasteiger partial charge in [-0.2, -0.15) is 0 Å². The van der Waals surface area contributed by atoms with E-state index in [1.54, 1.807) is 0 Å². The van der Waals surface area contributed by atoms with Crippen LogP contribution in [0.25, 0.3) is 10.8 Å². The molecule has 1 aliphatic carbocycles. The summed E-state index contributed by atoms with van der Waals surface area (Å²) in [5.74, 6) is 0.227. The highest BCUT2D eigenvalue weighted by Crippen LogP contribution is 2.38. The van der Waals surface area contributed by atoms with E-state index in [9.17, 15) is 9.90 Å². The zero-order valence-corrected chi connectivity index (χ0v) is 20.2. The van der Waals surface area contributed by atoms with Crippen LogP contribution in [0.15, 0.2) is 66.7 Å². The summed E-state index contributed by atoms with van der Waals surface area (Å²) in [4.78, 5) is 15.0. The highest BCUT2D eigenvalue weighted by Gasteiger charge is 2.28. The average molecular weight is 461 g/mol. The molecule has 1 amide bonds. The minimum Gasteiger partial charge on any atom is -0.393 e. The largest absolute Gasteiger partial charge is 0.393 e. The first-order valence-corrected chi connectivity index (χ1v) is 12.4. The standard InChI is InChI=1S/C29H36N2O3/c1-3-31(27-13-7-9-22-8-4-5-12-26(22)27)25-11-6-10-24(18-25)21-14-16-23(17-15-21)28(33)30-19-29(2,34)20-32/h4-5,7-9,12-17,24-25,32,34H,3,6,10-11,18-20H2,1-2H3,(H,30,33). The van der Waals surface area contributed by atoms with E-state index in [0.29, 0.717) is 17.5 Å². The molecule has 34 heavy (non-hydrogen) atoms. The van der Waals surface area contributed by atoms with E-state index < -0.39 is 12.2 Å². The molecule has 1 saturated carbocycles. The number of fused-ring (bicyclic) bond motifs is 1. The van der Waals surface area contributed by atoms with Gasteiger partial charge in [0, 0.05) is 35.8 Å². The molecule has 5 heteroatoms. The van der Waals surface area contributed by atoms with Crippen molar-refractivity contribution >= 4 is 22.4 Å². The Balaban J connectivity index is 1.46. The van der Waals surface area contributed by atoms with Gasteiger partial charge in [0.1, 0.15) is 5.60 Å². The molecule has 1 aliphatic rings. The second-order valence-electron chi connectivity index (χ2n) is 9.76. The van der Waals surface area contributed by atoms with Crippen molar-refractivity contribution in [3.05, 3.63) is 77.9 Å². The van der Waals surface area contributed by atoms with Crippen LogP contribution in [0, 0.1) is 0 Å². The van der Waals surface area contributed by atoms with E-state index >= 15 is 0 Å². The number of aliphatic hydroxyl groups is 2. The molecule has 4 rings (SSSR count). The number of hydrogen-bond acceptors (Lipinski definition) is 4. The maximum absolute atomic E-state index is 12.4. The second kappa shape index (κ2) is 10.6. The number of carbonyl (C=O) groups excluding carboxylic acids is 1. The number of hydrogen-bond donors (Lipinski definition) is 3. The molecule has 3 aromatic carbocycles. The molecule has 0 spiro atoms. The van der Waals surface area contributed by atoms with Gasteiger partial charge in [-0.15, -0.1) is 0 Å². The van der Waals surface area contributed by atoms with Gasteiger partial charge in [0.05, 0.1) is 6.61 Å². The average Bonchev–Trinajstić information content (AvgIpc) is 2.88. The van der Waals surface area contributed by atoms with E-state index in [1.807, 2.05) is 12.1 Å². The molecule has 0 aliphatic heterocycles. The van der Waals surface area contributed by atoms with E-state index in [4.69, 9.17) is 5.11 Å². The van der Waals surface area contributed by atoms with Crippen molar-refractivity contribution in [3.8, 4) is 0 Å². The van der Waals surface area contributed by atoms with Crippen LogP contribution in [-0.2, 0) is 0 Å². The Morgan fingerprint density at radius 2 is 1.79 bits per heavy atom. The van der Waals surface area contributed by atoms with Crippen LogP contribution in [0.2, 0.25) is 0 Å². The number of amides is 1. The lowest BCUT2D eigenvalue weighted by Gasteiger charge is -2.39. The predicted octanol–water partition coefficient (Wildman–Crippen LogP) is 4.87. The van der Waals surface area contributed by atoms with Gasteiger partial charge in [-0.05, 0) is 68.2 Å². The molecule has 0 bridgehead atoms. The Morgan fingerprint density at radius 3 is 2.53 bits per heavy atom. The van der Waals surface area contributed by atoms with Crippen LogP contribution in [0.4, 0.5) is 5.69 Å². The Hall–Kier alpha value is -2.89. The minimum absolute atomic E-state index is 0.00934. The molecule has 0 saturated heterocycles. The summed E-state index contributed by atoms with van der Waals surface area (Å²) in [6.07, 6.45) is 4.64. The van der Waals surface area contributed by atoms with Crippen LogP contribution < -0.4 is 10.2 Å². The maximum atomic E-state index is 12.4. The summed E-state index contributed by atoms with van der Waals surface area (Å²) in [5.41, 5.74) is 1.84. The number of nitrogens with zero attached hydrogens (tertiary/aromatic N) is 1. The van der Waals surface area contributed by atoms with Crippen LogP contribution in [-0.4, -0.2) is 47.5 Å². The molecule has 3 atom stereocenters. The lowest BCUT2D eigenvalue weighted by molar-refractivity contribution is 0.00320. The smallest absolute Gasteiger partial charge is 0.251 e. The number of nitrogens with one attached hydrogen (secondary N) is 1. The highest BCUT2D eigenvalue weighted by molar-refractivity contribution is 5.95. The summed E-state index contributed by atoms with van der Waals surface area (Å²) < 4.78 is 0. The van der Waals surface area contributed by atoms with Crippen LogP contribution >= 0.6 is 0 Å². The number of carbonyl (C=O) groups is 1. The zero-order valence-electron chi connectivity index (χ0n) is 20.2. The molecule has 3 unspecified atom stereocenters. The van der Waals surface area contributed by atoms with Crippen molar-refractivity contribution in [2.24, 2.45) is 0 Å². The predicted molar refractivity (Wildman–Crippen MR) is 138 cm³/mol. The van der Waals surface area contributed by atoms with Gasteiger partial charge in [-0.1, -0.05) is 55.0 Å². The maximum Gasteiger partial charge on any atom is 0.251 e. The number of anilines is 1. The highest BCUT2D eigenvalue weighted by atomic mass is 16.3. The first-order valence-electron chi connectivity index (χ1n) is 12.4. The van der Waals surface area contributed by atoms with Crippen molar-refractivity contribution in [2.75, 3.05) is 24.6 Å². The van der Waals surface area contributed by atoms with Gasteiger partial charge < -0.3 is 20.4 Å². The SMILES string of the molecule is CCN(c1cccc2ccccc12)C1CCCC(c2ccc(C(=O)NCC(C)(O)CO)cc2)C1. The van der Waals surface area contributed by atoms with Gasteiger partial charge in [0.25, 0.3) is 5.91 Å². The molecule has 0 heterocycles. The Kier molecular flexibility index (Phi) is 7.54. The monoisotopic (exact) mass is 460 g/mol. The van der Waals surface area contributed by atoms with Gasteiger partial charge in [-0.25, -0.2) is 0 Å². The van der Waals surface area contributed by atoms with Gasteiger partial charge in [0.2, 0.25) is 0 Å². The van der Waals surface area contributed by atoms with Gasteiger partial charge in [0.15, 0.2) is 0 Å². The Morgan fingerprint density at radius 1 is 1.06 bits per heavy atom. The van der Waals surface area contributed by atoms with Crippen molar-refractivity contribution < 1.29 is 15.0 Å². The normalized spacial score (nSPS) is 20.0. The van der Waals surface area contributed by atoms with Gasteiger partial charge >= 0.3 is 0 Å². The molecule has 0 radical (unpaired) electrons. The van der Waals surface area contributed by atoms with Crippen molar-refractivity contribution in [2.45, 2.75) is 57.1 Å². The van der Waals surface area contributed by atoms with E-state index in [0.717, 1.165) is 19.4 Å². The van der Waals surface area contributed by atoms with E-state index in [-0.39, 0.29) is 12.5 Å². The molecule has 180 valence electrons. The Labute approximate surface area is 202 Å². The molecule has 3 aromatic rings. The lowest BCUT2D eigenvalue weighted by atomic mass is 9.80. The molecular formula is C29H36N2O3. The molecule has 3 N–H and O–H groups in total. The van der Waals surface area contributed by atoms with Crippen molar-refractivity contribution in [3.63, 3.8) is 0 Å². The quantitative estimate of drug-likeness (QED) is 0.449. The molecule has 5 nitrogen and oxygen atoms in total. The fraction of sp³-hybridized carbons (Fsp3) is 0.414. The molecular weight excluding hydrogens is 424 g/mol. The van der Waals surface area contributed by atoms with E-state index in [1.165, 1.54) is 41.8 Å². The summed E-state index contributed by atoms with van der Waals surface area (Å²) in [5, 5.41) is 24.3. The number of aliphatic hydroxyl groups excluding tert-OH is 1. The third kappa shape index (κ3) is 5.43. The first-order chi connectivity index (χ1) is 16.4. The summed E-state index contributed by atoms with van der Waals surface area (Å²) in [7, 11) is 0. The number of rotatable bonds is 8. The molecule has 1 fully saturated rings. The fourth-order valence-electron chi connectivity index (χ4n) is 5.17. The third-order valence-corrected chi connectivity index (χ3v) is 7.12. The van der Waals surface area contributed by atoms with Crippen LogP contribution in [0.3, 0.4) is 0 Å². The second-order valence-corrected chi connectivity index (χ2v) is 9.76. The summed E-state index contributed by atoms with van der Waals surface area (Å²) in [6, 6.07) is 23.5. The minimum atomic E-state index is -1.32. The summed E-state index contributed by atoms with van der Waals surface area (Å²) in [6.45, 7) is 4.32. The van der Waals surface area contributed by atoms with Crippen LogP contribution in [0.5, 0.6) is 0 Å².